The Hall–Kier alpha value is -2.62. The average molecular weight is 425 g/mol. The highest BCUT2D eigenvalue weighted by atomic mass is 32.1. The molecule has 2 rings (SSSR count). The Labute approximate surface area is 174 Å². The predicted octanol–water partition coefficient (Wildman–Crippen LogP) is 2.67. The number of thiazole rings is 1. The second kappa shape index (κ2) is 10.8. The second-order valence-electron chi connectivity index (χ2n) is 6.90. The fourth-order valence-corrected chi connectivity index (χ4v) is 3.41. The molecule has 0 fully saturated rings. The van der Waals surface area contributed by atoms with E-state index in [0.717, 1.165) is 13.0 Å². The summed E-state index contributed by atoms with van der Waals surface area (Å²) < 4.78 is 10.4. The van der Waals surface area contributed by atoms with Gasteiger partial charge in [-0.2, -0.15) is 0 Å². The van der Waals surface area contributed by atoms with Crippen LogP contribution in [0.4, 0.5) is 9.93 Å². The Kier molecular flexibility index (Phi) is 8.44. The number of urea groups is 1. The van der Waals surface area contributed by atoms with Crippen LogP contribution in [0, 0.1) is 5.92 Å². The summed E-state index contributed by atoms with van der Waals surface area (Å²) in [5.41, 5.74) is 0.654. The first kappa shape index (κ1) is 22.7. The number of nitrogens with one attached hydrogen (secondary N) is 3. The van der Waals surface area contributed by atoms with E-state index in [4.69, 9.17) is 9.47 Å². The molecular formula is C19H28N4O5S. The van der Waals surface area contributed by atoms with Crippen LogP contribution in [0.3, 0.4) is 0 Å². The number of nitrogens with zero attached hydrogens (tertiary/aromatic N) is 1. The number of hydrogen-bond donors (Lipinski definition) is 3. The number of esters is 2. The number of rotatable bonds is 10. The molecule has 160 valence electrons. The van der Waals surface area contributed by atoms with Gasteiger partial charge in [0.15, 0.2) is 10.8 Å². The minimum atomic E-state index is -0.630. The molecule has 0 bridgehead atoms. The summed E-state index contributed by atoms with van der Waals surface area (Å²) >= 11 is 1.32. The first-order valence-electron chi connectivity index (χ1n) is 9.69. The van der Waals surface area contributed by atoms with E-state index >= 15 is 0 Å². The molecule has 2 heterocycles. The number of ether oxygens (including phenoxy) is 2. The van der Waals surface area contributed by atoms with Crippen molar-refractivity contribution in [1.82, 2.24) is 15.6 Å². The minimum absolute atomic E-state index is 0.174. The molecule has 0 unspecified atom stereocenters. The number of anilines is 1. The lowest BCUT2D eigenvalue weighted by atomic mass is 10.0. The molecule has 1 aromatic rings. The summed E-state index contributed by atoms with van der Waals surface area (Å²) in [7, 11) is 0. The van der Waals surface area contributed by atoms with Crippen LogP contribution < -0.4 is 16.0 Å². The lowest BCUT2D eigenvalue weighted by Crippen LogP contribution is -2.51. The quantitative estimate of drug-likeness (QED) is 0.494. The minimum Gasteiger partial charge on any atom is -0.463 e. The number of carbonyl (C=O) groups excluding carboxylic acids is 3. The number of aromatic nitrogens is 1. The van der Waals surface area contributed by atoms with Crippen LogP contribution in [-0.4, -0.2) is 48.8 Å². The third-order valence-corrected chi connectivity index (χ3v) is 5.01. The SMILES string of the molecule is CCOC(=O)C1=C(COC(=O)c2csc(NCCC(C)C)n2)NC(=O)N[C@H]1CC. The lowest BCUT2D eigenvalue weighted by molar-refractivity contribution is -0.139. The van der Waals surface area contributed by atoms with E-state index in [9.17, 15) is 14.4 Å². The smallest absolute Gasteiger partial charge is 0.358 e. The van der Waals surface area contributed by atoms with Crippen LogP contribution in [0.15, 0.2) is 16.7 Å². The molecule has 1 aromatic heterocycles. The van der Waals surface area contributed by atoms with Gasteiger partial charge in [-0.25, -0.2) is 19.4 Å². The molecule has 29 heavy (non-hydrogen) atoms. The Balaban J connectivity index is 2.05. The van der Waals surface area contributed by atoms with Gasteiger partial charge in [-0.3, -0.25) is 0 Å². The molecule has 0 saturated carbocycles. The van der Waals surface area contributed by atoms with Gasteiger partial charge in [-0.1, -0.05) is 20.8 Å². The topological polar surface area (TPSA) is 119 Å². The molecule has 3 N–H and O–H groups in total. The molecule has 1 atom stereocenters. The Morgan fingerprint density at radius 1 is 1.28 bits per heavy atom. The zero-order chi connectivity index (χ0) is 21.4. The van der Waals surface area contributed by atoms with Crippen molar-refractivity contribution < 1.29 is 23.9 Å². The number of carbonyl (C=O) groups is 3. The summed E-state index contributed by atoms with van der Waals surface area (Å²) in [5, 5.41) is 10.6. The van der Waals surface area contributed by atoms with Gasteiger partial charge in [0.1, 0.15) is 6.61 Å². The van der Waals surface area contributed by atoms with E-state index in [1.54, 1.807) is 12.3 Å². The lowest BCUT2D eigenvalue weighted by Gasteiger charge is -2.28. The van der Waals surface area contributed by atoms with Gasteiger partial charge in [0.05, 0.1) is 23.9 Å². The van der Waals surface area contributed by atoms with Crippen molar-refractivity contribution in [3.8, 4) is 0 Å². The van der Waals surface area contributed by atoms with Crippen molar-refractivity contribution in [2.45, 2.75) is 46.6 Å². The molecule has 0 spiro atoms. The van der Waals surface area contributed by atoms with E-state index in [-0.39, 0.29) is 30.2 Å². The molecule has 0 aromatic carbocycles. The van der Waals surface area contributed by atoms with Crippen molar-refractivity contribution in [3.63, 3.8) is 0 Å². The van der Waals surface area contributed by atoms with Gasteiger partial charge < -0.3 is 25.4 Å². The highest BCUT2D eigenvalue weighted by Gasteiger charge is 2.32. The van der Waals surface area contributed by atoms with Crippen LogP contribution in [-0.2, 0) is 14.3 Å². The van der Waals surface area contributed by atoms with Gasteiger partial charge in [0.2, 0.25) is 0 Å². The van der Waals surface area contributed by atoms with Crippen molar-refractivity contribution in [3.05, 3.63) is 22.3 Å². The summed E-state index contributed by atoms with van der Waals surface area (Å²) in [6, 6.07) is -0.964. The average Bonchev–Trinajstić information content (AvgIpc) is 3.14. The van der Waals surface area contributed by atoms with Crippen LogP contribution in [0.1, 0.15) is 51.0 Å². The van der Waals surface area contributed by atoms with Gasteiger partial charge in [0.25, 0.3) is 0 Å². The van der Waals surface area contributed by atoms with Crippen molar-refractivity contribution in [1.29, 1.82) is 0 Å². The van der Waals surface area contributed by atoms with E-state index < -0.39 is 24.0 Å². The normalized spacial score (nSPS) is 16.3. The fraction of sp³-hybridized carbons (Fsp3) is 0.579. The van der Waals surface area contributed by atoms with Crippen LogP contribution in [0.2, 0.25) is 0 Å². The summed E-state index contributed by atoms with van der Waals surface area (Å²) in [6.45, 7) is 8.51. The first-order valence-corrected chi connectivity index (χ1v) is 10.6. The third kappa shape index (κ3) is 6.45. The fourth-order valence-electron chi connectivity index (χ4n) is 2.70. The Morgan fingerprint density at radius 3 is 2.69 bits per heavy atom. The van der Waals surface area contributed by atoms with Crippen LogP contribution in [0.5, 0.6) is 0 Å². The first-order chi connectivity index (χ1) is 13.8. The van der Waals surface area contributed by atoms with E-state index in [2.05, 4.69) is 34.8 Å². The zero-order valence-corrected chi connectivity index (χ0v) is 18.0. The number of amides is 2. The molecule has 0 saturated heterocycles. The maximum Gasteiger partial charge on any atom is 0.358 e. The maximum absolute atomic E-state index is 12.3. The molecule has 0 aliphatic carbocycles. The standard InChI is InChI=1S/C19H28N4O5S/c1-5-12-15(17(25)27-6-2)13(22-18(26)21-12)9-28-16(24)14-10-29-19(23-14)20-8-7-11(3)4/h10-12H,5-9H2,1-4H3,(H,20,23)(H2,21,22,26)/t12-/m0/s1. The third-order valence-electron chi connectivity index (χ3n) is 4.21. The van der Waals surface area contributed by atoms with Gasteiger partial charge >= 0.3 is 18.0 Å². The summed E-state index contributed by atoms with van der Waals surface area (Å²) in [4.78, 5) is 40.8. The summed E-state index contributed by atoms with van der Waals surface area (Å²) in [6.07, 6.45) is 1.49. The molecule has 10 heteroatoms. The zero-order valence-electron chi connectivity index (χ0n) is 17.2. The van der Waals surface area contributed by atoms with Gasteiger partial charge in [-0.15, -0.1) is 11.3 Å². The Morgan fingerprint density at radius 2 is 2.03 bits per heavy atom. The summed E-state index contributed by atoms with van der Waals surface area (Å²) in [5.74, 6) is -0.612. The van der Waals surface area contributed by atoms with Crippen molar-refractivity contribution >= 4 is 34.4 Å². The molecule has 1 aliphatic rings. The van der Waals surface area contributed by atoms with Gasteiger partial charge in [0, 0.05) is 11.9 Å². The predicted molar refractivity (Wildman–Crippen MR) is 110 cm³/mol. The molecule has 9 nitrogen and oxygen atoms in total. The monoisotopic (exact) mass is 424 g/mol. The van der Waals surface area contributed by atoms with Gasteiger partial charge in [-0.05, 0) is 25.7 Å². The molecule has 1 aliphatic heterocycles. The highest BCUT2D eigenvalue weighted by Crippen LogP contribution is 2.19. The van der Waals surface area contributed by atoms with Crippen molar-refractivity contribution in [2.24, 2.45) is 5.92 Å². The largest absolute Gasteiger partial charge is 0.463 e. The highest BCUT2D eigenvalue weighted by molar-refractivity contribution is 7.13. The Bertz CT molecular complexity index is 774. The second-order valence-corrected chi connectivity index (χ2v) is 7.75. The number of hydrogen-bond acceptors (Lipinski definition) is 8. The van der Waals surface area contributed by atoms with E-state index in [1.807, 2.05) is 6.92 Å². The van der Waals surface area contributed by atoms with Crippen molar-refractivity contribution in [2.75, 3.05) is 25.1 Å². The van der Waals surface area contributed by atoms with Crippen LogP contribution in [0.25, 0.3) is 0 Å². The van der Waals surface area contributed by atoms with E-state index in [0.29, 0.717) is 17.5 Å². The maximum atomic E-state index is 12.3. The van der Waals surface area contributed by atoms with E-state index in [1.165, 1.54) is 11.3 Å². The molecule has 0 radical (unpaired) electrons. The molecule has 2 amide bonds. The van der Waals surface area contributed by atoms with Crippen LogP contribution >= 0.6 is 11.3 Å². The molecular weight excluding hydrogens is 396 g/mol.